The van der Waals surface area contributed by atoms with E-state index in [1.54, 1.807) is 16.7 Å². The van der Waals surface area contributed by atoms with Gasteiger partial charge in [0.2, 0.25) is 5.95 Å². The van der Waals surface area contributed by atoms with E-state index in [1.807, 2.05) is 14.1 Å². The Morgan fingerprint density at radius 2 is 2.08 bits per heavy atom. The SMILES string of the molecule is Cc1nc([C@H]2COCCN2C(=O)c2cnc(N(C)C)nc2)cc(=O)[nH]1. The summed E-state index contributed by atoms with van der Waals surface area (Å²) >= 11 is 0. The van der Waals surface area contributed by atoms with Crippen molar-refractivity contribution >= 4 is 11.9 Å². The molecule has 1 aliphatic heterocycles. The van der Waals surface area contributed by atoms with Crippen LogP contribution in [0.25, 0.3) is 0 Å². The predicted octanol–water partition coefficient (Wildman–Crippen LogP) is 0.148. The van der Waals surface area contributed by atoms with Crippen molar-refractivity contribution in [2.75, 3.05) is 38.8 Å². The summed E-state index contributed by atoms with van der Waals surface area (Å²) in [6.45, 7) is 2.83. The molecule has 1 saturated heterocycles. The number of H-pyrrole nitrogens is 1. The van der Waals surface area contributed by atoms with Crippen molar-refractivity contribution < 1.29 is 9.53 Å². The largest absolute Gasteiger partial charge is 0.377 e. The summed E-state index contributed by atoms with van der Waals surface area (Å²) < 4.78 is 5.50. The number of ether oxygens (including phenoxy) is 1. The number of hydrogen-bond acceptors (Lipinski definition) is 7. The first-order valence-corrected chi connectivity index (χ1v) is 7.91. The van der Waals surface area contributed by atoms with E-state index in [9.17, 15) is 9.59 Å². The molecular formula is C16H20N6O3. The second-order valence-corrected chi connectivity index (χ2v) is 6.01. The Hall–Kier alpha value is -2.81. The second-order valence-electron chi connectivity index (χ2n) is 6.01. The molecule has 9 nitrogen and oxygen atoms in total. The van der Waals surface area contributed by atoms with Crippen LogP contribution in [0.5, 0.6) is 0 Å². The molecule has 2 aromatic heterocycles. The number of aryl methyl sites for hydroxylation is 1. The molecule has 0 spiro atoms. The number of amides is 1. The van der Waals surface area contributed by atoms with Gasteiger partial charge in [0.25, 0.3) is 11.5 Å². The van der Waals surface area contributed by atoms with E-state index in [0.29, 0.717) is 36.2 Å². The molecule has 3 heterocycles. The van der Waals surface area contributed by atoms with Crippen LogP contribution in [-0.4, -0.2) is 64.6 Å². The van der Waals surface area contributed by atoms with Gasteiger partial charge in [0.1, 0.15) is 5.82 Å². The normalized spacial score (nSPS) is 17.4. The van der Waals surface area contributed by atoms with Gasteiger partial charge in [-0.15, -0.1) is 0 Å². The van der Waals surface area contributed by atoms with E-state index in [-0.39, 0.29) is 18.1 Å². The van der Waals surface area contributed by atoms with Gasteiger partial charge in [-0.05, 0) is 6.92 Å². The van der Waals surface area contributed by atoms with Crippen molar-refractivity contribution in [1.82, 2.24) is 24.8 Å². The van der Waals surface area contributed by atoms with Crippen LogP contribution in [0.2, 0.25) is 0 Å². The van der Waals surface area contributed by atoms with E-state index in [4.69, 9.17) is 4.74 Å². The van der Waals surface area contributed by atoms with Crippen molar-refractivity contribution in [1.29, 1.82) is 0 Å². The van der Waals surface area contributed by atoms with Crippen LogP contribution in [0.4, 0.5) is 5.95 Å². The maximum Gasteiger partial charge on any atom is 0.257 e. The lowest BCUT2D eigenvalue weighted by Crippen LogP contribution is -2.44. The summed E-state index contributed by atoms with van der Waals surface area (Å²) in [7, 11) is 3.66. The van der Waals surface area contributed by atoms with Crippen LogP contribution in [0.15, 0.2) is 23.3 Å². The number of nitrogens with zero attached hydrogens (tertiary/aromatic N) is 5. The van der Waals surface area contributed by atoms with Gasteiger partial charge >= 0.3 is 0 Å². The first-order valence-electron chi connectivity index (χ1n) is 7.91. The molecule has 0 bridgehead atoms. The highest BCUT2D eigenvalue weighted by Crippen LogP contribution is 2.24. The van der Waals surface area contributed by atoms with Gasteiger partial charge < -0.3 is 19.5 Å². The van der Waals surface area contributed by atoms with E-state index in [0.717, 1.165) is 0 Å². The lowest BCUT2D eigenvalue weighted by molar-refractivity contribution is -0.00405. The van der Waals surface area contributed by atoms with Crippen molar-refractivity contribution in [2.24, 2.45) is 0 Å². The Labute approximate surface area is 144 Å². The van der Waals surface area contributed by atoms with Crippen LogP contribution in [0, 0.1) is 6.92 Å². The van der Waals surface area contributed by atoms with Gasteiger partial charge in [0, 0.05) is 39.1 Å². The molecule has 1 atom stereocenters. The van der Waals surface area contributed by atoms with Crippen LogP contribution in [0.1, 0.15) is 27.9 Å². The number of carbonyl (C=O) groups is 1. The molecular weight excluding hydrogens is 324 g/mol. The molecule has 0 aliphatic carbocycles. The molecule has 0 aromatic carbocycles. The molecule has 0 radical (unpaired) electrons. The molecule has 0 saturated carbocycles. The Balaban J connectivity index is 1.89. The summed E-state index contributed by atoms with van der Waals surface area (Å²) in [4.78, 5) is 43.4. The molecule has 132 valence electrons. The molecule has 1 N–H and O–H groups in total. The summed E-state index contributed by atoms with van der Waals surface area (Å²) in [6, 6.07) is 0.980. The maximum atomic E-state index is 12.9. The third-order valence-corrected chi connectivity index (χ3v) is 3.90. The first-order chi connectivity index (χ1) is 12.0. The zero-order valence-corrected chi connectivity index (χ0v) is 14.4. The lowest BCUT2D eigenvalue weighted by Gasteiger charge is -2.35. The number of rotatable bonds is 3. The monoisotopic (exact) mass is 344 g/mol. The summed E-state index contributed by atoms with van der Waals surface area (Å²) in [5.74, 6) is 0.819. The van der Waals surface area contributed by atoms with Crippen molar-refractivity contribution in [3.63, 3.8) is 0 Å². The van der Waals surface area contributed by atoms with Gasteiger partial charge in [0.15, 0.2) is 0 Å². The number of hydrogen-bond donors (Lipinski definition) is 1. The molecule has 25 heavy (non-hydrogen) atoms. The number of carbonyl (C=O) groups excluding carboxylic acids is 1. The number of nitrogens with one attached hydrogen (secondary N) is 1. The fourth-order valence-electron chi connectivity index (χ4n) is 2.69. The quantitative estimate of drug-likeness (QED) is 0.845. The summed E-state index contributed by atoms with van der Waals surface area (Å²) in [6.07, 6.45) is 3.02. The van der Waals surface area contributed by atoms with Gasteiger partial charge in [0.05, 0.1) is 30.5 Å². The van der Waals surface area contributed by atoms with E-state index < -0.39 is 6.04 Å². The average Bonchev–Trinajstić information content (AvgIpc) is 2.60. The topological polar surface area (TPSA) is 104 Å². The molecule has 1 amide bonds. The second kappa shape index (κ2) is 6.98. The van der Waals surface area contributed by atoms with E-state index in [1.165, 1.54) is 18.5 Å². The van der Waals surface area contributed by atoms with Crippen molar-refractivity contribution in [2.45, 2.75) is 13.0 Å². The highest BCUT2D eigenvalue weighted by Gasteiger charge is 2.31. The third-order valence-electron chi connectivity index (χ3n) is 3.90. The summed E-state index contributed by atoms with van der Waals surface area (Å²) in [5.41, 5.74) is 0.651. The Morgan fingerprint density at radius 1 is 1.36 bits per heavy atom. The van der Waals surface area contributed by atoms with Crippen LogP contribution < -0.4 is 10.5 Å². The van der Waals surface area contributed by atoms with Gasteiger partial charge in [-0.2, -0.15) is 0 Å². The van der Waals surface area contributed by atoms with Crippen molar-refractivity contribution in [3.8, 4) is 0 Å². The predicted molar refractivity (Wildman–Crippen MR) is 90.6 cm³/mol. The lowest BCUT2D eigenvalue weighted by atomic mass is 10.1. The first kappa shape index (κ1) is 17.0. The van der Waals surface area contributed by atoms with Crippen LogP contribution >= 0.6 is 0 Å². The minimum Gasteiger partial charge on any atom is -0.377 e. The molecule has 1 aliphatic rings. The van der Waals surface area contributed by atoms with Gasteiger partial charge in [-0.3, -0.25) is 9.59 Å². The smallest absolute Gasteiger partial charge is 0.257 e. The fourth-order valence-corrected chi connectivity index (χ4v) is 2.69. The Kier molecular flexibility index (Phi) is 4.75. The van der Waals surface area contributed by atoms with E-state index in [2.05, 4.69) is 19.9 Å². The van der Waals surface area contributed by atoms with Gasteiger partial charge in [-0.25, -0.2) is 15.0 Å². The minimum atomic E-state index is -0.421. The minimum absolute atomic E-state index is 0.210. The number of aromatic nitrogens is 4. The van der Waals surface area contributed by atoms with Crippen LogP contribution in [0.3, 0.4) is 0 Å². The Bertz CT molecular complexity index is 817. The number of morpholine rings is 1. The Morgan fingerprint density at radius 3 is 2.72 bits per heavy atom. The molecule has 3 rings (SSSR count). The fraction of sp³-hybridized carbons (Fsp3) is 0.438. The van der Waals surface area contributed by atoms with Gasteiger partial charge in [-0.1, -0.05) is 0 Å². The molecule has 9 heteroatoms. The zero-order valence-electron chi connectivity index (χ0n) is 14.4. The number of anilines is 1. The molecule has 0 unspecified atom stereocenters. The highest BCUT2D eigenvalue weighted by atomic mass is 16.5. The summed E-state index contributed by atoms with van der Waals surface area (Å²) in [5, 5.41) is 0. The molecule has 2 aromatic rings. The van der Waals surface area contributed by atoms with Crippen LogP contribution in [-0.2, 0) is 4.74 Å². The average molecular weight is 344 g/mol. The van der Waals surface area contributed by atoms with Crippen molar-refractivity contribution in [3.05, 3.63) is 45.9 Å². The maximum absolute atomic E-state index is 12.9. The highest BCUT2D eigenvalue weighted by molar-refractivity contribution is 5.94. The zero-order chi connectivity index (χ0) is 18.0. The standard InChI is InChI=1S/C16H20N6O3/c1-10-19-12(6-14(23)20-10)13-9-25-5-4-22(13)15(24)11-7-17-16(18-8-11)21(2)3/h6-8,13H,4-5,9H2,1-3H3,(H,19,20,23)/t13-/m1/s1. The van der Waals surface area contributed by atoms with E-state index >= 15 is 0 Å². The third kappa shape index (κ3) is 3.66. The molecule has 1 fully saturated rings. The number of aromatic amines is 1.